The predicted molar refractivity (Wildman–Crippen MR) is 267 cm³/mol. The Bertz CT molecular complexity index is 3400. The Morgan fingerprint density at radius 2 is 1.24 bits per heavy atom. The molecule has 0 saturated carbocycles. The van der Waals surface area contributed by atoms with Gasteiger partial charge in [0.15, 0.2) is 0 Å². The number of hydrogen-bond acceptors (Lipinski definition) is 5. The largest absolute Gasteiger partial charge is 0.457 e. The lowest BCUT2D eigenvalue weighted by molar-refractivity contribution is 0.483. The van der Waals surface area contributed by atoms with Gasteiger partial charge in [-0.3, -0.25) is 4.57 Å². The molecule has 1 aliphatic heterocycles. The van der Waals surface area contributed by atoms with Crippen molar-refractivity contribution in [1.29, 1.82) is 0 Å². The lowest BCUT2D eigenvalue weighted by atomic mass is 9.88. The van der Waals surface area contributed by atoms with E-state index in [1.54, 1.807) is 0 Å². The molecule has 0 amide bonds. The second-order valence-electron chi connectivity index (χ2n) is 17.9. The van der Waals surface area contributed by atoms with Gasteiger partial charge in [-0.1, -0.05) is 129 Å². The molecule has 63 heavy (non-hydrogen) atoms. The number of nitrogens with zero attached hydrogens (tertiary/aromatic N) is 4. The van der Waals surface area contributed by atoms with Gasteiger partial charge in [0.25, 0.3) is 0 Å². The number of thiophene rings is 1. The number of pyridine rings is 1. The van der Waals surface area contributed by atoms with Gasteiger partial charge in [0, 0.05) is 71.8 Å². The van der Waals surface area contributed by atoms with Gasteiger partial charge in [0.1, 0.15) is 24.0 Å². The summed E-state index contributed by atoms with van der Waals surface area (Å²) < 4.78 is 11.8. The van der Waals surface area contributed by atoms with E-state index in [4.69, 9.17) is 9.72 Å². The minimum Gasteiger partial charge on any atom is -0.457 e. The van der Waals surface area contributed by atoms with Gasteiger partial charge in [0.05, 0.1) is 22.4 Å². The van der Waals surface area contributed by atoms with E-state index in [1.807, 2.05) is 17.5 Å². The molecule has 0 aliphatic carbocycles. The summed E-state index contributed by atoms with van der Waals surface area (Å²) in [6.07, 6.45) is 1.94. The molecule has 308 valence electrons. The van der Waals surface area contributed by atoms with E-state index >= 15 is 0 Å². The Labute approximate surface area is 372 Å². The molecule has 0 spiro atoms. The fourth-order valence-electron chi connectivity index (χ4n) is 9.74. The van der Waals surface area contributed by atoms with Crippen LogP contribution in [0.25, 0.3) is 59.2 Å². The second-order valence-corrected chi connectivity index (χ2v) is 18.9. The van der Waals surface area contributed by atoms with Crippen molar-refractivity contribution in [3.8, 4) is 17.3 Å². The zero-order valence-electron chi connectivity index (χ0n) is 36.5. The Morgan fingerprint density at radius 3 is 1.97 bits per heavy atom. The number of fused-ring (bicyclic) bond motifs is 7. The predicted octanol–water partition coefficient (Wildman–Crippen LogP) is 15.4. The molecule has 0 radical (unpaired) electrons. The van der Waals surface area contributed by atoms with Crippen LogP contribution in [-0.2, 0) is 5.41 Å². The van der Waals surface area contributed by atoms with Gasteiger partial charge in [-0.2, -0.15) is 0 Å². The zero-order chi connectivity index (χ0) is 43.0. The van der Waals surface area contributed by atoms with E-state index in [1.165, 1.54) is 70.1 Å². The quantitative estimate of drug-likeness (QED) is 0.160. The zero-order valence-corrected chi connectivity index (χ0v) is 37.3. The SMILES string of the molecule is Cc1cc(C)c(N2CN(c3cccc(Oc4ccc5c6c7sc8ccccc8c7ccc6n(-c6cc(C(C)(C)C)ccn6)c5c4)c3)C(c3ccccc3)=C2c2ccccc2)c(C)c1. The number of aromatic nitrogens is 2. The summed E-state index contributed by atoms with van der Waals surface area (Å²) in [6.45, 7) is 14.0. The highest BCUT2D eigenvalue weighted by Crippen LogP contribution is 2.47. The maximum atomic E-state index is 6.91. The van der Waals surface area contributed by atoms with Gasteiger partial charge in [-0.05, 0) is 91.4 Å². The van der Waals surface area contributed by atoms with Crippen LogP contribution in [-0.4, -0.2) is 16.2 Å². The van der Waals surface area contributed by atoms with Crippen LogP contribution in [0.3, 0.4) is 0 Å². The molecule has 11 rings (SSSR count). The van der Waals surface area contributed by atoms with Crippen LogP contribution in [0.15, 0.2) is 170 Å². The molecule has 4 heterocycles. The molecule has 0 fully saturated rings. The summed E-state index contributed by atoms with van der Waals surface area (Å²) in [7, 11) is 0. The third-order valence-corrected chi connectivity index (χ3v) is 13.7. The van der Waals surface area contributed by atoms with Crippen molar-refractivity contribution < 1.29 is 4.74 Å². The van der Waals surface area contributed by atoms with Crippen LogP contribution >= 0.6 is 11.3 Å². The Balaban J connectivity index is 1.05. The van der Waals surface area contributed by atoms with Crippen LogP contribution in [0.5, 0.6) is 11.5 Å². The second kappa shape index (κ2) is 15.0. The highest BCUT2D eigenvalue weighted by atomic mass is 32.1. The lowest BCUT2D eigenvalue weighted by Crippen LogP contribution is -2.28. The molecule has 0 N–H and O–H groups in total. The van der Waals surface area contributed by atoms with Gasteiger partial charge in [0.2, 0.25) is 0 Å². The fraction of sp³-hybridized carbons (Fsp3) is 0.140. The molecule has 3 aromatic heterocycles. The van der Waals surface area contributed by atoms with Crippen LogP contribution in [0.1, 0.15) is 54.2 Å². The Kier molecular flexibility index (Phi) is 9.25. The first-order valence-corrected chi connectivity index (χ1v) is 22.5. The Morgan fingerprint density at radius 1 is 0.571 bits per heavy atom. The summed E-state index contributed by atoms with van der Waals surface area (Å²) in [4.78, 5) is 9.94. The van der Waals surface area contributed by atoms with Crippen molar-refractivity contribution in [3.05, 3.63) is 203 Å². The lowest BCUT2D eigenvalue weighted by Gasteiger charge is -2.28. The maximum Gasteiger partial charge on any atom is 0.137 e. The monoisotopic (exact) mass is 836 g/mol. The summed E-state index contributed by atoms with van der Waals surface area (Å²) in [5, 5.41) is 4.99. The highest BCUT2D eigenvalue weighted by Gasteiger charge is 2.34. The van der Waals surface area contributed by atoms with Crippen LogP contribution < -0.4 is 14.5 Å². The topological polar surface area (TPSA) is 33.5 Å². The molecule has 5 nitrogen and oxygen atoms in total. The van der Waals surface area contributed by atoms with E-state index in [0.29, 0.717) is 6.67 Å². The highest BCUT2D eigenvalue weighted by molar-refractivity contribution is 7.26. The summed E-state index contributed by atoms with van der Waals surface area (Å²) in [6, 6.07) is 58.9. The average molecular weight is 837 g/mol. The number of aryl methyl sites for hydroxylation is 3. The number of anilines is 2. The van der Waals surface area contributed by atoms with Crippen molar-refractivity contribution in [2.75, 3.05) is 16.5 Å². The molecule has 0 saturated heterocycles. The van der Waals surface area contributed by atoms with E-state index in [-0.39, 0.29) is 5.41 Å². The average Bonchev–Trinajstić information content (AvgIpc) is 3.96. The van der Waals surface area contributed by atoms with Crippen molar-refractivity contribution in [2.45, 2.75) is 47.0 Å². The number of ether oxygens (including phenoxy) is 1. The minimum atomic E-state index is -0.0317. The Hall–Kier alpha value is -7.15. The molecule has 1 aliphatic rings. The summed E-state index contributed by atoms with van der Waals surface area (Å²) in [5.41, 5.74) is 14.1. The fourth-order valence-corrected chi connectivity index (χ4v) is 11.0. The number of benzene rings is 7. The standard InChI is InChI=1S/C57H48N4OS/c1-36-30-37(2)53(38(3)31-36)60-35-59(54(39-16-9-7-10-17-39)55(60)40-18-11-8-12-19-40)42-20-15-21-43(33-42)62-44-24-25-47-49(34-44)61(51-32-41(28-29-58-51)57(4,5)6)48-27-26-46-45-22-13-14-23-50(45)63-56(46)52(47)48/h7-34H,35H2,1-6H3. The first-order chi connectivity index (χ1) is 30.6. The summed E-state index contributed by atoms with van der Waals surface area (Å²) in [5.74, 6) is 2.43. The minimum absolute atomic E-state index is 0.0317. The molecule has 10 aromatic rings. The number of rotatable bonds is 7. The third kappa shape index (κ3) is 6.64. The van der Waals surface area contributed by atoms with Gasteiger partial charge in [-0.15, -0.1) is 11.3 Å². The first kappa shape index (κ1) is 38.7. The third-order valence-electron chi connectivity index (χ3n) is 12.5. The van der Waals surface area contributed by atoms with Gasteiger partial charge < -0.3 is 14.5 Å². The van der Waals surface area contributed by atoms with E-state index in [9.17, 15) is 0 Å². The van der Waals surface area contributed by atoms with Crippen LogP contribution in [0, 0.1) is 20.8 Å². The first-order valence-electron chi connectivity index (χ1n) is 21.7. The molecule has 6 heteroatoms. The van der Waals surface area contributed by atoms with Crippen molar-refractivity contribution in [1.82, 2.24) is 9.55 Å². The molecule has 0 bridgehead atoms. The van der Waals surface area contributed by atoms with E-state index < -0.39 is 0 Å². The smallest absolute Gasteiger partial charge is 0.137 e. The van der Waals surface area contributed by atoms with Gasteiger partial charge >= 0.3 is 0 Å². The molecule has 0 atom stereocenters. The molecular weight excluding hydrogens is 789 g/mol. The molecule has 7 aromatic carbocycles. The normalized spacial score (nSPS) is 13.4. The molecular formula is C57H48N4OS. The maximum absolute atomic E-state index is 6.91. The molecule has 0 unspecified atom stereocenters. The van der Waals surface area contributed by atoms with Crippen molar-refractivity contribution in [3.63, 3.8) is 0 Å². The van der Waals surface area contributed by atoms with E-state index in [0.717, 1.165) is 45.3 Å². The van der Waals surface area contributed by atoms with E-state index in [2.05, 4.69) is 220 Å². The summed E-state index contributed by atoms with van der Waals surface area (Å²) >= 11 is 1.86. The van der Waals surface area contributed by atoms with Crippen LogP contribution in [0.4, 0.5) is 11.4 Å². The van der Waals surface area contributed by atoms with Crippen molar-refractivity contribution >= 4 is 76.1 Å². The van der Waals surface area contributed by atoms with Gasteiger partial charge in [-0.25, -0.2) is 4.98 Å². The number of hydrogen-bond donors (Lipinski definition) is 0. The van der Waals surface area contributed by atoms with Crippen LogP contribution in [0.2, 0.25) is 0 Å². The van der Waals surface area contributed by atoms with Crippen molar-refractivity contribution in [2.24, 2.45) is 0 Å².